The van der Waals surface area contributed by atoms with Gasteiger partial charge >= 0.3 is 0 Å². The van der Waals surface area contributed by atoms with Gasteiger partial charge < -0.3 is 10.1 Å². The van der Waals surface area contributed by atoms with Gasteiger partial charge in [-0.25, -0.2) is 9.97 Å². The molecule has 0 aliphatic carbocycles. The SMILES string of the molecule is COc1ccccc1CCCNc1nccc(-c2ccccn2)n1. The molecule has 3 rings (SSSR count). The number of para-hydroxylation sites is 1. The molecule has 0 aliphatic rings. The van der Waals surface area contributed by atoms with Gasteiger partial charge in [0.15, 0.2) is 0 Å². The predicted molar refractivity (Wildman–Crippen MR) is 95.1 cm³/mol. The normalized spacial score (nSPS) is 10.4. The number of nitrogens with one attached hydrogen (secondary N) is 1. The highest BCUT2D eigenvalue weighted by atomic mass is 16.5. The number of nitrogens with zero attached hydrogens (tertiary/aromatic N) is 3. The van der Waals surface area contributed by atoms with Gasteiger partial charge in [-0.2, -0.15) is 0 Å². The van der Waals surface area contributed by atoms with Gasteiger partial charge in [0.1, 0.15) is 5.75 Å². The zero-order chi connectivity index (χ0) is 16.6. The second kappa shape index (κ2) is 8.06. The number of aromatic nitrogens is 3. The molecule has 1 aromatic carbocycles. The van der Waals surface area contributed by atoms with Crippen molar-refractivity contribution in [3.8, 4) is 17.1 Å². The van der Waals surface area contributed by atoms with E-state index in [-0.39, 0.29) is 0 Å². The van der Waals surface area contributed by atoms with Crippen LogP contribution in [0.15, 0.2) is 60.9 Å². The Balaban J connectivity index is 1.56. The molecule has 0 amide bonds. The van der Waals surface area contributed by atoms with Gasteiger partial charge in [0, 0.05) is 18.9 Å². The van der Waals surface area contributed by atoms with Crippen LogP contribution in [0.1, 0.15) is 12.0 Å². The van der Waals surface area contributed by atoms with Crippen molar-refractivity contribution < 1.29 is 4.74 Å². The van der Waals surface area contributed by atoms with Crippen molar-refractivity contribution in [2.75, 3.05) is 19.0 Å². The number of benzene rings is 1. The Morgan fingerprint density at radius 2 is 1.79 bits per heavy atom. The largest absolute Gasteiger partial charge is 0.496 e. The first-order chi connectivity index (χ1) is 11.9. The number of methoxy groups -OCH3 is 1. The first kappa shape index (κ1) is 15.9. The van der Waals surface area contributed by atoms with E-state index < -0.39 is 0 Å². The van der Waals surface area contributed by atoms with Gasteiger partial charge in [-0.1, -0.05) is 24.3 Å². The summed E-state index contributed by atoms with van der Waals surface area (Å²) in [5.74, 6) is 1.56. The Bertz CT molecular complexity index is 777. The average Bonchev–Trinajstić information content (AvgIpc) is 2.66. The fourth-order valence-corrected chi connectivity index (χ4v) is 2.49. The molecule has 0 spiro atoms. The van der Waals surface area contributed by atoms with Crippen molar-refractivity contribution in [2.24, 2.45) is 0 Å². The summed E-state index contributed by atoms with van der Waals surface area (Å²) in [4.78, 5) is 13.1. The third kappa shape index (κ3) is 4.07. The lowest BCUT2D eigenvalue weighted by molar-refractivity contribution is 0.409. The summed E-state index contributed by atoms with van der Waals surface area (Å²) < 4.78 is 5.37. The molecule has 0 unspecified atom stereocenters. The Labute approximate surface area is 141 Å². The lowest BCUT2D eigenvalue weighted by Gasteiger charge is -2.09. The smallest absolute Gasteiger partial charge is 0.223 e. The summed E-state index contributed by atoms with van der Waals surface area (Å²) in [6.07, 6.45) is 5.42. The zero-order valence-corrected chi connectivity index (χ0v) is 13.6. The molecule has 24 heavy (non-hydrogen) atoms. The number of rotatable bonds is 7. The molecular formula is C19H20N4O. The quantitative estimate of drug-likeness (QED) is 0.674. The molecule has 5 heteroatoms. The van der Waals surface area contributed by atoms with Gasteiger partial charge in [-0.15, -0.1) is 0 Å². The molecule has 0 aliphatic heterocycles. The van der Waals surface area contributed by atoms with Crippen molar-refractivity contribution in [3.63, 3.8) is 0 Å². The van der Waals surface area contributed by atoms with Crippen LogP contribution >= 0.6 is 0 Å². The van der Waals surface area contributed by atoms with Crippen molar-refractivity contribution in [1.29, 1.82) is 0 Å². The Hall–Kier alpha value is -2.95. The number of anilines is 1. The van der Waals surface area contributed by atoms with E-state index in [0.717, 1.165) is 36.5 Å². The number of hydrogen-bond donors (Lipinski definition) is 1. The van der Waals surface area contributed by atoms with E-state index >= 15 is 0 Å². The van der Waals surface area contributed by atoms with Crippen molar-refractivity contribution >= 4 is 5.95 Å². The van der Waals surface area contributed by atoms with Crippen LogP contribution < -0.4 is 10.1 Å². The maximum atomic E-state index is 5.37. The number of ether oxygens (including phenoxy) is 1. The molecule has 1 N–H and O–H groups in total. The molecule has 5 nitrogen and oxygen atoms in total. The molecule has 3 aromatic rings. The molecule has 0 saturated heterocycles. The first-order valence-electron chi connectivity index (χ1n) is 7.97. The molecule has 2 heterocycles. The highest BCUT2D eigenvalue weighted by molar-refractivity contribution is 5.54. The lowest BCUT2D eigenvalue weighted by Crippen LogP contribution is -2.07. The monoisotopic (exact) mass is 320 g/mol. The topological polar surface area (TPSA) is 59.9 Å². The Morgan fingerprint density at radius 1 is 0.917 bits per heavy atom. The molecule has 0 atom stereocenters. The van der Waals surface area contributed by atoms with Gasteiger partial charge in [0.2, 0.25) is 5.95 Å². The maximum Gasteiger partial charge on any atom is 0.223 e. The van der Waals surface area contributed by atoms with E-state index in [1.165, 1.54) is 5.56 Å². The van der Waals surface area contributed by atoms with Crippen LogP contribution in [-0.4, -0.2) is 28.6 Å². The number of aryl methyl sites for hydroxylation is 1. The molecule has 0 radical (unpaired) electrons. The predicted octanol–water partition coefficient (Wildman–Crippen LogP) is 3.59. The molecule has 0 saturated carbocycles. The van der Waals surface area contributed by atoms with Crippen LogP contribution in [0.4, 0.5) is 5.95 Å². The van der Waals surface area contributed by atoms with Crippen molar-refractivity contribution in [1.82, 2.24) is 15.0 Å². The Morgan fingerprint density at radius 3 is 2.62 bits per heavy atom. The van der Waals surface area contributed by atoms with E-state index in [4.69, 9.17) is 4.74 Å². The number of hydrogen-bond acceptors (Lipinski definition) is 5. The molecule has 0 fully saturated rings. The maximum absolute atomic E-state index is 5.37. The van der Waals surface area contributed by atoms with Gasteiger partial charge in [0.05, 0.1) is 18.5 Å². The van der Waals surface area contributed by atoms with E-state index in [2.05, 4.69) is 26.3 Å². The summed E-state index contributed by atoms with van der Waals surface area (Å²) in [6.45, 7) is 0.795. The third-order valence-corrected chi connectivity index (χ3v) is 3.68. The fraction of sp³-hybridized carbons (Fsp3) is 0.211. The van der Waals surface area contributed by atoms with Crippen LogP contribution in [0.3, 0.4) is 0 Å². The summed E-state index contributed by atoms with van der Waals surface area (Å²) in [5.41, 5.74) is 2.87. The first-order valence-corrected chi connectivity index (χ1v) is 7.97. The van der Waals surface area contributed by atoms with Crippen molar-refractivity contribution in [2.45, 2.75) is 12.8 Å². The van der Waals surface area contributed by atoms with E-state index in [9.17, 15) is 0 Å². The second-order valence-electron chi connectivity index (χ2n) is 5.32. The fourth-order valence-electron chi connectivity index (χ4n) is 2.49. The minimum Gasteiger partial charge on any atom is -0.496 e. The van der Waals surface area contributed by atoms with Gasteiger partial charge in [-0.3, -0.25) is 4.98 Å². The molecular weight excluding hydrogens is 300 g/mol. The van der Waals surface area contributed by atoms with Crippen LogP contribution in [-0.2, 0) is 6.42 Å². The second-order valence-corrected chi connectivity index (χ2v) is 5.32. The van der Waals surface area contributed by atoms with Crippen molar-refractivity contribution in [3.05, 3.63) is 66.5 Å². The summed E-state index contributed by atoms with van der Waals surface area (Å²) in [6, 6.07) is 15.7. The summed E-state index contributed by atoms with van der Waals surface area (Å²) >= 11 is 0. The van der Waals surface area contributed by atoms with Crippen LogP contribution in [0.25, 0.3) is 11.4 Å². The summed E-state index contributed by atoms with van der Waals surface area (Å²) in [7, 11) is 1.70. The highest BCUT2D eigenvalue weighted by Gasteiger charge is 2.04. The van der Waals surface area contributed by atoms with Gasteiger partial charge in [-0.05, 0) is 42.7 Å². The molecule has 2 aromatic heterocycles. The number of pyridine rings is 1. The van der Waals surface area contributed by atoms with Crippen LogP contribution in [0.5, 0.6) is 5.75 Å². The van der Waals surface area contributed by atoms with E-state index in [1.54, 1.807) is 19.5 Å². The van der Waals surface area contributed by atoms with Crippen LogP contribution in [0, 0.1) is 0 Å². The molecule has 122 valence electrons. The molecule has 0 bridgehead atoms. The standard InChI is InChI=1S/C19H20N4O/c1-24-18-10-3-2-7-15(18)8-6-13-21-19-22-14-11-17(23-19)16-9-4-5-12-20-16/h2-5,7,9-12,14H,6,8,13H2,1H3,(H,21,22,23). The zero-order valence-electron chi connectivity index (χ0n) is 13.6. The van der Waals surface area contributed by atoms with E-state index in [0.29, 0.717) is 5.95 Å². The lowest BCUT2D eigenvalue weighted by atomic mass is 10.1. The third-order valence-electron chi connectivity index (χ3n) is 3.68. The van der Waals surface area contributed by atoms with Crippen LogP contribution in [0.2, 0.25) is 0 Å². The minimum atomic E-state index is 0.623. The average molecular weight is 320 g/mol. The minimum absolute atomic E-state index is 0.623. The highest BCUT2D eigenvalue weighted by Crippen LogP contribution is 2.19. The van der Waals surface area contributed by atoms with E-state index in [1.807, 2.05) is 42.5 Å². The van der Waals surface area contributed by atoms with Gasteiger partial charge in [0.25, 0.3) is 0 Å². The summed E-state index contributed by atoms with van der Waals surface area (Å²) in [5, 5.41) is 3.27. The Kier molecular flexibility index (Phi) is 5.35.